The van der Waals surface area contributed by atoms with Crippen LogP contribution in [-0.2, 0) is 9.59 Å². The predicted molar refractivity (Wildman–Crippen MR) is 113 cm³/mol. The molecule has 3 unspecified atom stereocenters. The number of amides is 3. The lowest BCUT2D eigenvalue weighted by Gasteiger charge is -2.30. The number of urea groups is 1. The van der Waals surface area contributed by atoms with Gasteiger partial charge in [-0.3, -0.25) is 14.9 Å². The summed E-state index contributed by atoms with van der Waals surface area (Å²) < 4.78 is 0. The Morgan fingerprint density at radius 3 is 2.15 bits per heavy atom. The normalized spacial score (nSPS) is 15.1. The first-order valence-corrected chi connectivity index (χ1v) is 10.7. The molecular weight excluding hydrogens is 364 g/mol. The molecule has 0 spiro atoms. The molecule has 158 valence electrons. The van der Waals surface area contributed by atoms with E-state index in [1.165, 1.54) is 0 Å². The van der Waals surface area contributed by atoms with Crippen LogP contribution in [-0.4, -0.2) is 47.5 Å². The van der Waals surface area contributed by atoms with Gasteiger partial charge in [0.05, 0.1) is 17.5 Å². The van der Waals surface area contributed by atoms with Crippen molar-refractivity contribution in [3.05, 3.63) is 0 Å². The highest BCUT2D eigenvalue weighted by Crippen LogP contribution is 2.19. The molecule has 3 amide bonds. The van der Waals surface area contributed by atoms with Gasteiger partial charge in [-0.1, -0.05) is 41.5 Å². The largest absolute Gasteiger partial charge is 0.352 e. The van der Waals surface area contributed by atoms with Gasteiger partial charge >= 0.3 is 6.03 Å². The van der Waals surface area contributed by atoms with E-state index < -0.39 is 17.5 Å². The van der Waals surface area contributed by atoms with E-state index in [9.17, 15) is 14.4 Å². The van der Waals surface area contributed by atoms with Crippen LogP contribution in [0.5, 0.6) is 0 Å². The fraction of sp³-hybridized carbons (Fsp3) is 0.842. The van der Waals surface area contributed by atoms with Crippen LogP contribution in [0.2, 0.25) is 0 Å². The third-order valence-corrected chi connectivity index (χ3v) is 5.09. The first-order valence-electron chi connectivity index (χ1n) is 9.65. The van der Waals surface area contributed by atoms with Crippen molar-refractivity contribution in [2.45, 2.75) is 78.8 Å². The Labute approximate surface area is 168 Å². The predicted octanol–water partition coefficient (Wildman–Crippen LogP) is 2.25. The first kappa shape index (κ1) is 25.7. The second kappa shape index (κ2) is 12.2. The van der Waals surface area contributed by atoms with Crippen LogP contribution in [0.4, 0.5) is 4.79 Å². The Morgan fingerprint density at radius 1 is 1.11 bits per heavy atom. The fourth-order valence-electron chi connectivity index (χ4n) is 2.69. The Balaban J connectivity index is 5.09. The summed E-state index contributed by atoms with van der Waals surface area (Å²) in [4.78, 5) is 36.5. The number of ketones is 1. The number of hydrogen-bond acceptors (Lipinski definition) is 5. The van der Waals surface area contributed by atoms with Crippen molar-refractivity contribution in [3.63, 3.8) is 0 Å². The van der Waals surface area contributed by atoms with Gasteiger partial charge in [0.1, 0.15) is 0 Å². The van der Waals surface area contributed by atoms with Crippen molar-refractivity contribution < 1.29 is 14.4 Å². The van der Waals surface area contributed by atoms with Gasteiger partial charge < -0.3 is 16.4 Å². The average Bonchev–Trinajstić information content (AvgIpc) is 2.53. The van der Waals surface area contributed by atoms with Crippen LogP contribution in [0, 0.1) is 11.3 Å². The number of Topliss-reactive ketones (excluding diaryl/α,β-unsaturated/α-hetero) is 1. The second-order valence-electron chi connectivity index (χ2n) is 8.09. The van der Waals surface area contributed by atoms with Crippen molar-refractivity contribution >= 4 is 29.5 Å². The zero-order chi connectivity index (χ0) is 21.2. The molecule has 0 aromatic carbocycles. The summed E-state index contributed by atoms with van der Waals surface area (Å²) in [6.07, 6.45) is 1.00. The summed E-state index contributed by atoms with van der Waals surface area (Å²) in [5.41, 5.74) is 4.50. The number of carbonyl (C=O) groups is 3. The molecule has 0 aromatic heterocycles. The summed E-state index contributed by atoms with van der Waals surface area (Å²) in [6.45, 7) is 14.0. The number of primary amides is 1. The third kappa shape index (κ3) is 10.6. The van der Waals surface area contributed by atoms with Gasteiger partial charge in [-0.2, -0.15) is 0 Å². The molecule has 8 heteroatoms. The van der Waals surface area contributed by atoms with Crippen molar-refractivity contribution in [2.24, 2.45) is 17.1 Å². The maximum Gasteiger partial charge on any atom is 0.312 e. The second-order valence-corrected chi connectivity index (χ2v) is 9.71. The Morgan fingerprint density at radius 2 is 1.70 bits per heavy atom. The average molecular weight is 403 g/mol. The molecule has 0 aliphatic carbocycles. The topological polar surface area (TPSA) is 113 Å². The molecule has 3 atom stereocenters. The zero-order valence-corrected chi connectivity index (χ0v) is 18.7. The quantitative estimate of drug-likeness (QED) is 0.295. The molecule has 7 nitrogen and oxygen atoms in total. The van der Waals surface area contributed by atoms with Gasteiger partial charge in [0, 0.05) is 12.0 Å². The number of rotatable bonds is 12. The van der Waals surface area contributed by atoms with E-state index in [0.717, 1.165) is 5.75 Å². The molecule has 0 rings (SSSR count). The van der Waals surface area contributed by atoms with Crippen LogP contribution in [0.3, 0.4) is 0 Å². The van der Waals surface area contributed by atoms with Crippen LogP contribution in [0.15, 0.2) is 0 Å². The van der Waals surface area contributed by atoms with E-state index in [2.05, 4.69) is 22.9 Å². The molecule has 0 aliphatic rings. The summed E-state index contributed by atoms with van der Waals surface area (Å²) in [6, 6.07) is -1.56. The summed E-state index contributed by atoms with van der Waals surface area (Å²) in [7, 11) is 0. The molecule has 5 N–H and O–H groups in total. The number of thioether (sulfide) groups is 1. The summed E-state index contributed by atoms with van der Waals surface area (Å²) >= 11 is 1.73. The lowest BCUT2D eigenvalue weighted by Crippen LogP contribution is -2.55. The summed E-state index contributed by atoms with van der Waals surface area (Å²) in [5, 5.41) is 8.94. The number of hydrogen-bond donors (Lipinski definition) is 4. The standard InChI is InChI=1S/C19H38N4O3S/c1-8-27-13(4)22-15(12(2)3)17(25)23-14(16(24)19(5,6)7)10-9-11-21-18(20)26/h12-15,22H,8-11H2,1-7H3,(H,23,25)(H3,20,21,26). The molecular formula is C19H38N4O3S. The van der Waals surface area contributed by atoms with Crippen molar-refractivity contribution in [2.75, 3.05) is 12.3 Å². The number of nitrogens with two attached hydrogens (primary N) is 1. The van der Waals surface area contributed by atoms with Gasteiger partial charge in [0.2, 0.25) is 5.91 Å². The lowest BCUT2D eigenvalue weighted by molar-refractivity contribution is -0.133. The van der Waals surface area contributed by atoms with Gasteiger partial charge in [0.25, 0.3) is 0 Å². The van der Waals surface area contributed by atoms with Gasteiger partial charge in [-0.15, -0.1) is 11.8 Å². The van der Waals surface area contributed by atoms with Crippen LogP contribution < -0.4 is 21.7 Å². The van der Waals surface area contributed by atoms with E-state index >= 15 is 0 Å². The van der Waals surface area contributed by atoms with E-state index in [0.29, 0.717) is 19.4 Å². The van der Waals surface area contributed by atoms with E-state index in [1.807, 2.05) is 41.5 Å². The lowest BCUT2D eigenvalue weighted by atomic mass is 9.84. The molecule has 0 bridgehead atoms. The fourth-order valence-corrected chi connectivity index (χ4v) is 3.44. The smallest absolute Gasteiger partial charge is 0.312 e. The van der Waals surface area contributed by atoms with Crippen molar-refractivity contribution in [3.8, 4) is 0 Å². The minimum absolute atomic E-state index is 0.0200. The highest BCUT2D eigenvalue weighted by atomic mass is 32.2. The maximum atomic E-state index is 12.9. The molecule has 0 aliphatic heterocycles. The Hall–Kier alpha value is -1.28. The summed E-state index contributed by atoms with van der Waals surface area (Å²) in [5.74, 6) is 0.859. The van der Waals surface area contributed by atoms with Crippen molar-refractivity contribution in [1.29, 1.82) is 0 Å². The molecule has 0 fully saturated rings. The molecule has 0 heterocycles. The first-order chi connectivity index (χ1) is 12.4. The minimum atomic E-state index is -0.593. The van der Waals surface area contributed by atoms with Crippen LogP contribution in [0.25, 0.3) is 0 Å². The van der Waals surface area contributed by atoms with Crippen molar-refractivity contribution in [1.82, 2.24) is 16.0 Å². The SMILES string of the molecule is CCSC(C)NC(C(=O)NC(CCCNC(N)=O)C(=O)C(C)(C)C)C(C)C. The number of nitrogens with one attached hydrogen (secondary N) is 3. The Kier molecular flexibility index (Phi) is 11.7. The molecule has 0 radical (unpaired) electrons. The van der Waals surface area contributed by atoms with E-state index in [-0.39, 0.29) is 29.0 Å². The molecule has 0 saturated carbocycles. The van der Waals surface area contributed by atoms with Gasteiger partial charge in [0.15, 0.2) is 5.78 Å². The highest BCUT2D eigenvalue weighted by molar-refractivity contribution is 7.99. The maximum absolute atomic E-state index is 12.9. The minimum Gasteiger partial charge on any atom is -0.352 e. The molecule has 27 heavy (non-hydrogen) atoms. The van der Waals surface area contributed by atoms with Crippen LogP contribution >= 0.6 is 11.8 Å². The third-order valence-electron chi connectivity index (χ3n) is 4.12. The van der Waals surface area contributed by atoms with Gasteiger partial charge in [-0.25, -0.2) is 4.79 Å². The van der Waals surface area contributed by atoms with E-state index in [1.54, 1.807) is 11.8 Å². The van der Waals surface area contributed by atoms with E-state index in [4.69, 9.17) is 5.73 Å². The number of carbonyl (C=O) groups excluding carboxylic acids is 3. The van der Waals surface area contributed by atoms with Gasteiger partial charge in [-0.05, 0) is 31.4 Å². The zero-order valence-electron chi connectivity index (χ0n) is 17.8. The molecule has 0 aromatic rings. The highest BCUT2D eigenvalue weighted by Gasteiger charge is 2.33. The Bertz CT molecular complexity index is 492. The monoisotopic (exact) mass is 402 g/mol. The molecule has 0 saturated heterocycles. The van der Waals surface area contributed by atoms with Crippen LogP contribution in [0.1, 0.15) is 61.3 Å².